The minimum absolute atomic E-state index is 0.335. The van der Waals surface area contributed by atoms with Gasteiger partial charge in [0.2, 0.25) is 0 Å². The number of carbonyl (C=O) groups is 1. The van der Waals surface area contributed by atoms with Gasteiger partial charge in [-0.3, -0.25) is 0 Å². The summed E-state index contributed by atoms with van der Waals surface area (Å²) >= 11 is 0. The van der Waals surface area contributed by atoms with Crippen LogP contribution in [0.25, 0.3) is 44.5 Å². The predicted octanol–water partition coefficient (Wildman–Crippen LogP) is 9.22. The van der Waals surface area contributed by atoms with Crippen LogP contribution < -0.4 is 4.74 Å². The Morgan fingerprint density at radius 2 is 1.12 bits per heavy atom. The Morgan fingerprint density at radius 1 is 0.600 bits per heavy atom. The summed E-state index contributed by atoms with van der Waals surface area (Å²) < 4.78 is 12.1. The number of ether oxygens (including phenoxy) is 2. The standard InChI is InChI=1S/C37H32O3/c1-37(2,3)40-36(38)35-33(26-19-12-7-13-20-26)32(25-17-10-6-11-18-25)30(24-15-8-5-9-16-24)28-23-27-21-14-22-29(39-4)31(27)34(28)35/h5-22H,23H2,1-4H3. The molecule has 0 aromatic heterocycles. The Bertz CT molecular complexity index is 1700. The quantitative estimate of drug-likeness (QED) is 0.211. The number of carbonyl (C=O) groups excluding carboxylic acids is 1. The number of benzene rings is 5. The lowest BCUT2D eigenvalue weighted by molar-refractivity contribution is 0.00714. The van der Waals surface area contributed by atoms with Crippen molar-refractivity contribution in [3.05, 3.63) is 126 Å². The van der Waals surface area contributed by atoms with Crippen LogP contribution in [-0.2, 0) is 11.2 Å². The number of esters is 1. The van der Waals surface area contributed by atoms with Gasteiger partial charge < -0.3 is 9.47 Å². The highest BCUT2D eigenvalue weighted by Crippen LogP contribution is 2.55. The van der Waals surface area contributed by atoms with E-state index in [1.165, 1.54) is 0 Å². The van der Waals surface area contributed by atoms with Crippen molar-refractivity contribution in [2.75, 3.05) is 7.11 Å². The van der Waals surface area contributed by atoms with Crippen molar-refractivity contribution in [1.82, 2.24) is 0 Å². The van der Waals surface area contributed by atoms with E-state index in [-0.39, 0.29) is 5.97 Å². The highest BCUT2D eigenvalue weighted by Gasteiger charge is 2.37. The molecule has 0 heterocycles. The monoisotopic (exact) mass is 524 g/mol. The zero-order valence-electron chi connectivity index (χ0n) is 23.3. The zero-order chi connectivity index (χ0) is 27.9. The van der Waals surface area contributed by atoms with Crippen molar-refractivity contribution in [1.29, 1.82) is 0 Å². The molecule has 0 radical (unpaired) electrons. The predicted molar refractivity (Wildman–Crippen MR) is 163 cm³/mol. The summed E-state index contributed by atoms with van der Waals surface area (Å²) in [6, 6.07) is 37.2. The molecule has 0 fully saturated rings. The molecule has 6 rings (SSSR count). The third-order valence-electron chi connectivity index (χ3n) is 7.34. The van der Waals surface area contributed by atoms with Crippen LogP contribution in [0.5, 0.6) is 5.75 Å². The number of hydrogen-bond acceptors (Lipinski definition) is 3. The van der Waals surface area contributed by atoms with Crippen molar-refractivity contribution in [2.24, 2.45) is 0 Å². The molecule has 0 saturated carbocycles. The first-order valence-electron chi connectivity index (χ1n) is 13.7. The lowest BCUT2D eigenvalue weighted by Gasteiger charge is -2.27. The smallest absolute Gasteiger partial charge is 0.339 e. The van der Waals surface area contributed by atoms with Gasteiger partial charge in [-0.1, -0.05) is 103 Å². The van der Waals surface area contributed by atoms with E-state index in [2.05, 4.69) is 66.7 Å². The molecule has 0 N–H and O–H groups in total. The lowest BCUT2D eigenvalue weighted by Crippen LogP contribution is -2.25. The van der Waals surface area contributed by atoms with Gasteiger partial charge in [0, 0.05) is 16.7 Å². The van der Waals surface area contributed by atoms with Gasteiger partial charge in [0.05, 0.1) is 12.7 Å². The van der Waals surface area contributed by atoms with Crippen molar-refractivity contribution in [2.45, 2.75) is 32.8 Å². The van der Waals surface area contributed by atoms with Crippen LogP contribution in [-0.4, -0.2) is 18.7 Å². The number of fused-ring (bicyclic) bond motifs is 3. The second-order valence-corrected chi connectivity index (χ2v) is 11.1. The molecule has 0 aliphatic heterocycles. The Morgan fingerprint density at radius 3 is 1.65 bits per heavy atom. The Balaban J connectivity index is 1.86. The average molecular weight is 525 g/mol. The fourth-order valence-electron chi connectivity index (χ4n) is 5.87. The maximum absolute atomic E-state index is 14.4. The molecule has 40 heavy (non-hydrogen) atoms. The van der Waals surface area contributed by atoms with Gasteiger partial charge in [-0.15, -0.1) is 0 Å². The van der Waals surface area contributed by atoms with Crippen molar-refractivity contribution in [3.8, 4) is 50.3 Å². The summed E-state index contributed by atoms with van der Waals surface area (Å²) in [5.41, 5.74) is 10.2. The van der Waals surface area contributed by atoms with Crippen LogP contribution in [0, 0.1) is 0 Å². The van der Waals surface area contributed by atoms with Gasteiger partial charge in [-0.2, -0.15) is 0 Å². The maximum Gasteiger partial charge on any atom is 0.339 e. The molecule has 1 aliphatic rings. The van der Waals surface area contributed by atoms with Crippen molar-refractivity contribution >= 4 is 5.97 Å². The molecule has 3 nitrogen and oxygen atoms in total. The molecule has 5 aromatic carbocycles. The summed E-state index contributed by atoms with van der Waals surface area (Å²) in [7, 11) is 1.69. The van der Waals surface area contributed by atoms with Gasteiger partial charge in [-0.25, -0.2) is 4.79 Å². The Kier molecular flexibility index (Phi) is 6.51. The highest BCUT2D eigenvalue weighted by molar-refractivity contribution is 6.14. The maximum atomic E-state index is 14.4. The molecule has 0 atom stereocenters. The Hall–Kier alpha value is -4.63. The molecule has 0 spiro atoms. The Labute approximate surface area is 236 Å². The molecule has 198 valence electrons. The summed E-state index contributed by atoms with van der Waals surface area (Å²) in [4.78, 5) is 14.4. The summed E-state index contributed by atoms with van der Waals surface area (Å²) in [6.45, 7) is 5.74. The molecule has 0 saturated heterocycles. The van der Waals surface area contributed by atoms with E-state index in [1.807, 2.05) is 63.2 Å². The molecule has 5 aromatic rings. The van der Waals surface area contributed by atoms with Crippen LogP contribution >= 0.6 is 0 Å². The third kappa shape index (κ3) is 4.48. The normalized spacial score (nSPS) is 12.0. The second-order valence-electron chi connectivity index (χ2n) is 11.1. The summed E-state index contributed by atoms with van der Waals surface area (Å²) in [5, 5.41) is 0. The van der Waals surface area contributed by atoms with Gasteiger partial charge >= 0.3 is 5.97 Å². The number of rotatable bonds is 5. The van der Waals surface area contributed by atoms with E-state index in [1.54, 1.807) is 7.11 Å². The van der Waals surface area contributed by atoms with Crippen molar-refractivity contribution in [3.63, 3.8) is 0 Å². The fraction of sp³-hybridized carbons (Fsp3) is 0.162. The van der Waals surface area contributed by atoms with Gasteiger partial charge in [0.1, 0.15) is 11.4 Å². The molecule has 0 amide bonds. The van der Waals surface area contributed by atoms with Crippen molar-refractivity contribution < 1.29 is 14.3 Å². The second kappa shape index (κ2) is 10.2. The van der Waals surface area contributed by atoms with Gasteiger partial charge in [-0.05, 0) is 72.2 Å². The molecular formula is C37H32O3. The van der Waals surface area contributed by atoms with E-state index in [0.29, 0.717) is 12.0 Å². The van der Waals surface area contributed by atoms with E-state index in [0.717, 1.165) is 61.4 Å². The molecular weight excluding hydrogens is 492 g/mol. The third-order valence-corrected chi connectivity index (χ3v) is 7.34. The summed E-state index contributed by atoms with van der Waals surface area (Å²) in [5.74, 6) is 0.421. The fourth-order valence-corrected chi connectivity index (χ4v) is 5.87. The van der Waals surface area contributed by atoms with E-state index < -0.39 is 5.60 Å². The average Bonchev–Trinajstić information content (AvgIpc) is 3.35. The SMILES string of the molecule is COc1cccc2c1-c1c(c(-c3ccccc3)c(-c3ccccc3)c(-c3ccccc3)c1C(=O)OC(C)(C)C)C2. The van der Waals surface area contributed by atoms with Crippen LogP contribution in [0.1, 0.15) is 42.3 Å². The topological polar surface area (TPSA) is 35.5 Å². The van der Waals surface area contributed by atoms with E-state index in [9.17, 15) is 4.79 Å². The lowest BCUT2D eigenvalue weighted by atomic mass is 9.79. The van der Waals surface area contributed by atoms with Gasteiger partial charge in [0.25, 0.3) is 0 Å². The molecule has 1 aliphatic carbocycles. The van der Waals surface area contributed by atoms with Crippen LogP contribution in [0.3, 0.4) is 0 Å². The van der Waals surface area contributed by atoms with E-state index in [4.69, 9.17) is 9.47 Å². The molecule has 0 bridgehead atoms. The van der Waals surface area contributed by atoms with Gasteiger partial charge in [0.15, 0.2) is 0 Å². The summed E-state index contributed by atoms with van der Waals surface area (Å²) in [6.07, 6.45) is 0.691. The minimum atomic E-state index is -0.662. The van der Waals surface area contributed by atoms with Crippen LogP contribution in [0.15, 0.2) is 109 Å². The minimum Gasteiger partial charge on any atom is -0.496 e. The first-order chi connectivity index (χ1) is 19.4. The molecule has 3 heteroatoms. The number of methoxy groups -OCH3 is 1. The first-order valence-corrected chi connectivity index (χ1v) is 13.7. The largest absolute Gasteiger partial charge is 0.496 e. The van der Waals surface area contributed by atoms with Crippen LogP contribution in [0.4, 0.5) is 0 Å². The van der Waals surface area contributed by atoms with Crippen LogP contribution in [0.2, 0.25) is 0 Å². The molecule has 0 unspecified atom stereocenters. The van der Waals surface area contributed by atoms with E-state index >= 15 is 0 Å². The zero-order valence-corrected chi connectivity index (χ0v) is 23.3. The number of hydrogen-bond donors (Lipinski definition) is 0. The first kappa shape index (κ1) is 25.6. The highest BCUT2D eigenvalue weighted by atomic mass is 16.6.